The molecule has 0 amide bonds. The second kappa shape index (κ2) is 8.31. The quantitative estimate of drug-likeness (QED) is 0.378. The van der Waals surface area contributed by atoms with Crippen molar-refractivity contribution in [1.82, 2.24) is 33.4 Å². The highest BCUT2D eigenvalue weighted by molar-refractivity contribution is 5.93. The van der Waals surface area contributed by atoms with Crippen molar-refractivity contribution in [3.63, 3.8) is 0 Å². The van der Waals surface area contributed by atoms with Crippen LogP contribution in [0.25, 0.3) is 39.0 Å². The lowest BCUT2D eigenvalue weighted by Gasteiger charge is -2.30. The minimum atomic E-state index is -0.232. The van der Waals surface area contributed by atoms with Crippen LogP contribution < -0.4 is 10.6 Å². The summed E-state index contributed by atoms with van der Waals surface area (Å²) >= 11 is 0. The molecule has 0 atom stereocenters. The number of ether oxygens (including phenoxy) is 1. The second-order valence-electron chi connectivity index (χ2n) is 10.8. The lowest BCUT2D eigenvalue weighted by molar-refractivity contribution is 0.123. The van der Waals surface area contributed by atoms with Gasteiger partial charge in [0.15, 0.2) is 0 Å². The summed E-state index contributed by atoms with van der Waals surface area (Å²) in [4.78, 5) is 25.2. The minimum Gasteiger partial charge on any atom is -0.378 e. The zero-order valence-electron chi connectivity index (χ0n) is 22.2. The number of hydrogen-bond donors (Lipinski definition) is 0. The van der Waals surface area contributed by atoms with Gasteiger partial charge in [0.1, 0.15) is 5.82 Å². The van der Waals surface area contributed by atoms with Gasteiger partial charge in [-0.25, -0.2) is 9.78 Å². The van der Waals surface area contributed by atoms with Gasteiger partial charge in [-0.15, -0.1) is 0 Å². The van der Waals surface area contributed by atoms with Crippen molar-refractivity contribution < 1.29 is 4.74 Å². The predicted octanol–water partition coefficient (Wildman–Crippen LogP) is 3.15. The summed E-state index contributed by atoms with van der Waals surface area (Å²) in [6, 6.07) is 6.29. The van der Waals surface area contributed by atoms with Gasteiger partial charge in [0.25, 0.3) is 0 Å². The van der Waals surface area contributed by atoms with E-state index in [9.17, 15) is 4.79 Å². The van der Waals surface area contributed by atoms with Crippen LogP contribution in [-0.2, 0) is 31.3 Å². The normalized spacial score (nSPS) is 14.8. The van der Waals surface area contributed by atoms with Gasteiger partial charge in [0.05, 0.1) is 64.7 Å². The molecule has 5 aromatic rings. The number of imidazole rings is 2. The molecule has 1 aliphatic heterocycles. The summed E-state index contributed by atoms with van der Waals surface area (Å²) in [6.45, 7) is 9.37. The standard InChI is InChI=1S/C27H32N8O2/c1-27(2,3)25-30-20-13-19(17-14-29-31(4)16-17)28-15-23(20)35(25)18-11-21-24(33(6)26(36)32(21)5)22(12-18)34-7-9-37-10-8-34/h11-16H,7-10H2,1-6H3. The average molecular weight is 501 g/mol. The third-order valence-electron chi connectivity index (χ3n) is 7.15. The van der Waals surface area contributed by atoms with Crippen LogP contribution in [-0.4, -0.2) is 59.8 Å². The molecular weight excluding hydrogens is 468 g/mol. The Balaban J connectivity index is 1.63. The number of anilines is 1. The number of morpholine rings is 1. The van der Waals surface area contributed by atoms with Gasteiger partial charge in [-0.2, -0.15) is 5.10 Å². The number of pyridine rings is 1. The molecule has 0 saturated carbocycles. The third kappa shape index (κ3) is 3.74. The number of aromatic nitrogens is 7. The van der Waals surface area contributed by atoms with Crippen molar-refractivity contribution in [1.29, 1.82) is 0 Å². The first-order chi connectivity index (χ1) is 17.6. The summed E-state index contributed by atoms with van der Waals surface area (Å²) in [6.07, 6.45) is 5.66. The van der Waals surface area contributed by atoms with E-state index in [1.165, 1.54) is 0 Å². The first kappa shape index (κ1) is 23.5. The van der Waals surface area contributed by atoms with Crippen LogP contribution >= 0.6 is 0 Å². The second-order valence-corrected chi connectivity index (χ2v) is 10.8. The number of aryl methyl sites for hydroxylation is 3. The summed E-state index contributed by atoms with van der Waals surface area (Å²) in [7, 11) is 5.56. The molecular formula is C27H32N8O2. The summed E-state index contributed by atoms with van der Waals surface area (Å²) in [5.41, 5.74) is 7.09. The molecule has 37 heavy (non-hydrogen) atoms. The van der Waals surface area contributed by atoms with Crippen molar-refractivity contribution in [3.8, 4) is 16.9 Å². The van der Waals surface area contributed by atoms with Gasteiger partial charge in [-0.3, -0.25) is 23.4 Å². The van der Waals surface area contributed by atoms with Gasteiger partial charge in [-0.1, -0.05) is 20.8 Å². The van der Waals surface area contributed by atoms with E-state index in [0.717, 1.165) is 63.6 Å². The fourth-order valence-corrected chi connectivity index (χ4v) is 5.24. The zero-order chi connectivity index (χ0) is 26.1. The van der Waals surface area contributed by atoms with Crippen molar-refractivity contribution in [2.24, 2.45) is 21.1 Å². The molecule has 192 valence electrons. The van der Waals surface area contributed by atoms with Crippen LogP contribution in [0.3, 0.4) is 0 Å². The Morgan fingerprint density at radius 3 is 2.38 bits per heavy atom. The molecule has 0 aliphatic carbocycles. The Morgan fingerprint density at radius 1 is 0.946 bits per heavy atom. The summed E-state index contributed by atoms with van der Waals surface area (Å²) < 4.78 is 13.0. The van der Waals surface area contributed by atoms with Crippen LogP contribution in [0.4, 0.5) is 5.69 Å². The van der Waals surface area contributed by atoms with Gasteiger partial charge in [0.2, 0.25) is 0 Å². The predicted molar refractivity (Wildman–Crippen MR) is 145 cm³/mol. The Bertz CT molecular complexity index is 1710. The van der Waals surface area contributed by atoms with E-state index >= 15 is 0 Å². The van der Waals surface area contributed by atoms with E-state index in [0.29, 0.717) is 13.2 Å². The topological polar surface area (TPSA) is 87.9 Å². The number of rotatable bonds is 3. The lowest BCUT2D eigenvalue weighted by Crippen LogP contribution is -2.36. The first-order valence-corrected chi connectivity index (χ1v) is 12.5. The molecule has 1 aromatic carbocycles. The molecule has 0 N–H and O–H groups in total. The van der Waals surface area contributed by atoms with Crippen LogP contribution in [0.5, 0.6) is 0 Å². The highest BCUT2D eigenvalue weighted by atomic mass is 16.5. The van der Waals surface area contributed by atoms with Crippen molar-refractivity contribution >= 4 is 27.8 Å². The summed E-state index contributed by atoms with van der Waals surface area (Å²) in [5.74, 6) is 0.931. The largest absolute Gasteiger partial charge is 0.378 e. The maximum Gasteiger partial charge on any atom is 0.328 e. The lowest BCUT2D eigenvalue weighted by atomic mass is 9.95. The molecule has 10 heteroatoms. The van der Waals surface area contributed by atoms with E-state index in [2.05, 4.69) is 47.5 Å². The minimum absolute atomic E-state index is 0.0454. The first-order valence-electron chi connectivity index (χ1n) is 12.5. The molecule has 5 heterocycles. The Morgan fingerprint density at radius 2 is 1.70 bits per heavy atom. The Hall–Kier alpha value is -3.92. The smallest absolute Gasteiger partial charge is 0.328 e. The fourth-order valence-electron chi connectivity index (χ4n) is 5.24. The van der Waals surface area contributed by atoms with Crippen molar-refractivity contribution in [2.45, 2.75) is 26.2 Å². The number of benzene rings is 1. The Labute approximate surface area is 214 Å². The Kier molecular flexibility index (Phi) is 5.27. The van der Waals surface area contributed by atoms with Gasteiger partial charge in [0, 0.05) is 51.4 Å². The number of hydrogen-bond acceptors (Lipinski definition) is 6. The van der Waals surface area contributed by atoms with E-state index < -0.39 is 0 Å². The number of nitrogens with zero attached hydrogens (tertiary/aromatic N) is 8. The number of fused-ring (bicyclic) bond motifs is 2. The van der Waals surface area contributed by atoms with Crippen LogP contribution in [0.1, 0.15) is 26.6 Å². The zero-order valence-corrected chi connectivity index (χ0v) is 22.2. The van der Waals surface area contributed by atoms with Crippen molar-refractivity contribution in [2.75, 3.05) is 31.2 Å². The van der Waals surface area contributed by atoms with Gasteiger partial charge >= 0.3 is 5.69 Å². The fraction of sp³-hybridized carbons (Fsp3) is 0.407. The molecule has 1 aliphatic rings. The molecule has 0 unspecified atom stereocenters. The van der Waals surface area contributed by atoms with Crippen LogP contribution in [0, 0.1) is 0 Å². The average Bonchev–Trinajstić information content (AvgIpc) is 3.55. The molecule has 1 saturated heterocycles. The monoisotopic (exact) mass is 500 g/mol. The summed E-state index contributed by atoms with van der Waals surface area (Å²) in [5, 5.41) is 4.29. The van der Waals surface area contributed by atoms with Gasteiger partial charge < -0.3 is 9.64 Å². The highest BCUT2D eigenvalue weighted by Gasteiger charge is 2.27. The van der Waals surface area contributed by atoms with E-state index in [4.69, 9.17) is 14.7 Å². The molecule has 6 rings (SSSR count). The van der Waals surface area contributed by atoms with Crippen molar-refractivity contribution in [3.05, 3.63) is 53.1 Å². The molecule has 10 nitrogen and oxygen atoms in total. The van der Waals surface area contributed by atoms with Crippen LogP contribution in [0.2, 0.25) is 0 Å². The maximum absolute atomic E-state index is 13.0. The molecule has 0 spiro atoms. The molecule has 0 radical (unpaired) electrons. The van der Waals surface area contributed by atoms with E-state index in [1.54, 1.807) is 13.8 Å². The third-order valence-corrected chi connectivity index (χ3v) is 7.15. The molecule has 4 aromatic heterocycles. The SMILES string of the molecule is Cn1cc(-c2cc3nc(C(C)(C)C)n(-c4cc(N5CCOCC5)c5c(c4)n(C)c(=O)n5C)c3cn2)cn1. The molecule has 0 bridgehead atoms. The maximum atomic E-state index is 13.0. The van der Waals surface area contributed by atoms with E-state index in [1.807, 2.05) is 45.8 Å². The van der Waals surface area contributed by atoms with Crippen LogP contribution in [0.15, 0.2) is 41.6 Å². The van der Waals surface area contributed by atoms with E-state index in [-0.39, 0.29) is 11.1 Å². The van der Waals surface area contributed by atoms with Gasteiger partial charge in [-0.05, 0) is 18.2 Å². The highest BCUT2D eigenvalue weighted by Crippen LogP contribution is 2.35. The molecule has 1 fully saturated rings.